The first-order valence-corrected chi connectivity index (χ1v) is 8.56. The van der Waals surface area contributed by atoms with Gasteiger partial charge in [0.1, 0.15) is 10.5 Å². The molecule has 1 atom stereocenters. The van der Waals surface area contributed by atoms with Crippen molar-refractivity contribution in [1.82, 2.24) is 9.97 Å². The van der Waals surface area contributed by atoms with Crippen molar-refractivity contribution in [3.63, 3.8) is 0 Å². The standard InChI is InChI=1S/C12H18N2S3/c1-8(2)5-9-6-11(15)14-12(13-9)10-7-16-3-4-17-10/h6,8,10H,3-5,7H2,1-2H3,(H,13,14,15). The quantitative estimate of drug-likeness (QED) is 0.854. The number of rotatable bonds is 3. The van der Waals surface area contributed by atoms with Gasteiger partial charge in [0.05, 0.1) is 5.25 Å². The van der Waals surface area contributed by atoms with Crippen LogP contribution >= 0.6 is 35.7 Å². The minimum atomic E-state index is 0.488. The maximum Gasteiger partial charge on any atom is 0.130 e. The second-order valence-corrected chi connectivity index (χ2v) is 7.54. The Kier molecular flexibility index (Phi) is 4.94. The summed E-state index contributed by atoms with van der Waals surface area (Å²) in [7, 11) is 0. The zero-order valence-electron chi connectivity index (χ0n) is 10.2. The Morgan fingerprint density at radius 3 is 3.00 bits per heavy atom. The molecule has 1 aliphatic heterocycles. The van der Waals surface area contributed by atoms with Crippen LogP contribution in [0.5, 0.6) is 0 Å². The molecular formula is C12H18N2S3. The van der Waals surface area contributed by atoms with E-state index in [1.807, 2.05) is 29.6 Å². The van der Waals surface area contributed by atoms with Gasteiger partial charge in [0.2, 0.25) is 0 Å². The summed E-state index contributed by atoms with van der Waals surface area (Å²) < 4.78 is 0.727. The molecule has 5 heteroatoms. The molecule has 1 saturated heterocycles. The molecule has 94 valence electrons. The van der Waals surface area contributed by atoms with E-state index in [0.717, 1.165) is 22.6 Å². The van der Waals surface area contributed by atoms with Gasteiger partial charge in [-0.25, -0.2) is 4.98 Å². The Morgan fingerprint density at radius 1 is 1.53 bits per heavy atom. The molecule has 0 amide bonds. The van der Waals surface area contributed by atoms with Crippen molar-refractivity contribution >= 4 is 35.7 Å². The first-order chi connectivity index (χ1) is 8.15. The fourth-order valence-corrected chi connectivity index (χ4v) is 4.74. The number of thioether (sulfide) groups is 2. The Bertz CT molecular complexity index is 422. The van der Waals surface area contributed by atoms with Crippen LogP contribution in [0.25, 0.3) is 0 Å². The summed E-state index contributed by atoms with van der Waals surface area (Å²) in [4.78, 5) is 7.96. The van der Waals surface area contributed by atoms with Crippen LogP contribution in [0.4, 0.5) is 0 Å². The molecule has 1 aromatic heterocycles. The zero-order valence-corrected chi connectivity index (χ0v) is 12.7. The molecule has 2 nitrogen and oxygen atoms in total. The summed E-state index contributed by atoms with van der Waals surface area (Å²) in [5, 5.41) is 0.488. The van der Waals surface area contributed by atoms with Crippen LogP contribution in [0.15, 0.2) is 6.07 Å². The number of aromatic nitrogens is 2. The molecule has 0 radical (unpaired) electrons. The van der Waals surface area contributed by atoms with E-state index in [2.05, 4.69) is 23.8 Å². The van der Waals surface area contributed by atoms with Crippen LogP contribution < -0.4 is 0 Å². The monoisotopic (exact) mass is 286 g/mol. The van der Waals surface area contributed by atoms with Crippen molar-refractivity contribution in [2.24, 2.45) is 5.92 Å². The third-order valence-corrected chi connectivity index (χ3v) is 5.54. The lowest BCUT2D eigenvalue weighted by atomic mass is 10.1. The van der Waals surface area contributed by atoms with Crippen molar-refractivity contribution < 1.29 is 0 Å². The van der Waals surface area contributed by atoms with E-state index in [4.69, 9.17) is 12.2 Å². The van der Waals surface area contributed by atoms with Crippen LogP contribution in [0, 0.1) is 10.6 Å². The zero-order chi connectivity index (χ0) is 12.3. The number of nitrogens with zero attached hydrogens (tertiary/aromatic N) is 1. The predicted molar refractivity (Wildman–Crippen MR) is 80.5 cm³/mol. The lowest BCUT2D eigenvalue weighted by Gasteiger charge is -2.20. The molecule has 1 aliphatic rings. The third kappa shape index (κ3) is 4.00. The maximum atomic E-state index is 5.26. The SMILES string of the molecule is CC(C)Cc1cc(=S)nc(C2CSCCS2)[nH]1. The van der Waals surface area contributed by atoms with E-state index in [-0.39, 0.29) is 0 Å². The van der Waals surface area contributed by atoms with Crippen LogP contribution in [0.2, 0.25) is 0 Å². The van der Waals surface area contributed by atoms with Crippen molar-refractivity contribution in [3.8, 4) is 0 Å². The predicted octanol–water partition coefficient (Wildman–Crippen LogP) is 3.86. The summed E-state index contributed by atoms with van der Waals surface area (Å²) in [6.45, 7) is 4.45. The maximum absolute atomic E-state index is 5.26. The van der Waals surface area contributed by atoms with Gasteiger partial charge in [-0.05, 0) is 18.4 Å². The average molecular weight is 286 g/mol. The van der Waals surface area contributed by atoms with Gasteiger partial charge < -0.3 is 4.98 Å². The normalized spacial score (nSPS) is 20.8. The average Bonchev–Trinajstić information content (AvgIpc) is 2.28. The fourth-order valence-electron chi connectivity index (χ4n) is 1.88. The summed E-state index contributed by atoms with van der Waals surface area (Å²) >= 11 is 9.26. The van der Waals surface area contributed by atoms with Crippen LogP contribution in [0.3, 0.4) is 0 Å². The molecule has 17 heavy (non-hydrogen) atoms. The highest BCUT2D eigenvalue weighted by Crippen LogP contribution is 2.34. The first-order valence-electron chi connectivity index (χ1n) is 5.94. The molecule has 0 bridgehead atoms. The summed E-state index contributed by atoms with van der Waals surface area (Å²) in [6.07, 6.45) is 1.05. The van der Waals surface area contributed by atoms with Gasteiger partial charge in [0.25, 0.3) is 0 Å². The number of H-pyrrole nitrogens is 1. The number of hydrogen-bond donors (Lipinski definition) is 1. The minimum absolute atomic E-state index is 0.488. The third-order valence-electron chi connectivity index (χ3n) is 2.57. The van der Waals surface area contributed by atoms with E-state index in [1.54, 1.807) is 0 Å². The Morgan fingerprint density at radius 2 is 2.35 bits per heavy atom. The van der Waals surface area contributed by atoms with E-state index >= 15 is 0 Å². The van der Waals surface area contributed by atoms with Gasteiger partial charge in [-0.1, -0.05) is 26.1 Å². The van der Waals surface area contributed by atoms with Crippen LogP contribution in [0.1, 0.15) is 30.6 Å². The Balaban J connectivity index is 2.21. The van der Waals surface area contributed by atoms with Crippen LogP contribution in [-0.2, 0) is 6.42 Å². The van der Waals surface area contributed by atoms with Gasteiger partial charge in [-0.15, -0.1) is 11.8 Å². The van der Waals surface area contributed by atoms with Gasteiger partial charge in [-0.2, -0.15) is 11.8 Å². The van der Waals surface area contributed by atoms with Crippen molar-refractivity contribution in [1.29, 1.82) is 0 Å². The Hall–Kier alpha value is -0.0000000000000000555. The molecule has 0 aromatic carbocycles. The largest absolute Gasteiger partial charge is 0.346 e. The van der Waals surface area contributed by atoms with Gasteiger partial charge in [0, 0.05) is 23.0 Å². The molecule has 0 spiro atoms. The van der Waals surface area contributed by atoms with E-state index in [1.165, 1.54) is 17.2 Å². The number of aromatic amines is 1. The molecule has 1 fully saturated rings. The summed E-state index contributed by atoms with van der Waals surface area (Å²) in [5.41, 5.74) is 1.23. The van der Waals surface area contributed by atoms with Crippen molar-refractivity contribution in [2.75, 3.05) is 17.3 Å². The molecule has 1 unspecified atom stereocenters. The summed E-state index contributed by atoms with van der Waals surface area (Å²) in [6, 6.07) is 2.00. The Labute approximate surface area is 116 Å². The first kappa shape index (κ1) is 13.4. The van der Waals surface area contributed by atoms with E-state index < -0.39 is 0 Å². The van der Waals surface area contributed by atoms with E-state index in [9.17, 15) is 0 Å². The lowest BCUT2D eigenvalue weighted by Crippen LogP contribution is -2.12. The second-order valence-electron chi connectivity index (χ2n) is 4.66. The highest BCUT2D eigenvalue weighted by molar-refractivity contribution is 8.06. The highest BCUT2D eigenvalue weighted by Gasteiger charge is 2.18. The van der Waals surface area contributed by atoms with Crippen LogP contribution in [-0.4, -0.2) is 27.2 Å². The second kappa shape index (κ2) is 6.25. The molecule has 2 heterocycles. The lowest BCUT2D eigenvalue weighted by molar-refractivity contribution is 0.629. The number of hydrogen-bond acceptors (Lipinski definition) is 4. The molecule has 2 rings (SSSR count). The van der Waals surface area contributed by atoms with Gasteiger partial charge in [0.15, 0.2) is 0 Å². The molecule has 1 N–H and O–H groups in total. The van der Waals surface area contributed by atoms with Gasteiger partial charge in [-0.3, -0.25) is 0 Å². The molecular weight excluding hydrogens is 268 g/mol. The highest BCUT2D eigenvalue weighted by atomic mass is 32.2. The number of nitrogens with one attached hydrogen (secondary N) is 1. The molecule has 0 saturated carbocycles. The van der Waals surface area contributed by atoms with Crippen molar-refractivity contribution in [3.05, 3.63) is 22.2 Å². The molecule has 0 aliphatic carbocycles. The van der Waals surface area contributed by atoms with E-state index in [0.29, 0.717) is 11.2 Å². The van der Waals surface area contributed by atoms with Crippen molar-refractivity contribution in [2.45, 2.75) is 25.5 Å². The minimum Gasteiger partial charge on any atom is -0.346 e. The topological polar surface area (TPSA) is 28.7 Å². The summed E-state index contributed by atoms with van der Waals surface area (Å²) in [5.74, 6) is 5.34. The van der Waals surface area contributed by atoms with Gasteiger partial charge >= 0.3 is 0 Å². The molecule has 1 aromatic rings. The smallest absolute Gasteiger partial charge is 0.130 e. The fraction of sp³-hybridized carbons (Fsp3) is 0.667.